The van der Waals surface area contributed by atoms with Crippen LogP contribution >= 0.6 is 0 Å². The number of alkyl halides is 3. The highest BCUT2D eigenvalue weighted by Gasteiger charge is 2.69. The first-order valence-electron chi connectivity index (χ1n) is 11.7. The molecule has 2 fully saturated rings. The van der Waals surface area contributed by atoms with Crippen LogP contribution in [0.3, 0.4) is 0 Å². The molecule has 0 bridgehead atoms. The second-order valence-corrected chi connectivity index (χ2v) is 9.61. The van der Waals surface area contributed by atoms with Gasteiger partial charge in [0.2, 0.25) is 11.8 Å². The number of nitrogens with two attached hydrogens (primary N) is 1. The van der Waals surface area contributed by atoms with Crippen LogP contribution in [0.2, 0.25) is 0 Å². The number of amides is 3. The summed E-state index contributed by atoms with van der Waals surface area (Å²) in [6.45, 7) is 5.15. The fraction of sp³-hybridized carbons (Fsp3) is 0.480. The van der Waals surface area contributed by atoms with Crippen LogP contribution in [-0.4, -0.2) is 64.1 Å². The molecule has 1 aliphatic heterocycles. The predicted molar refractivity (Wildman–Crippen MR) is 130 cm³/mol. The number of nitrogens with one attached hydrogen (secondary N) is 2. The van der Waals surface area contributed by atoms with Crippen molar-refractivity contribution >= 4 is 23.2 Å². The fourth-order valence-corrected chi connectivity index (χ4v) is 5.20. The summed E-state index contributed by atoms with van der Waals surface area (Å²) in [5.74, 6) is -1.46. The number of hydrogen-bond acceptors (Lipinski definition) is 6. The second kappa shape index (κ2) is 10.3. The van der Waals surface area contributed by atoms with E-state index in [2.05, 4.69) is 22.1 Å². The maximum Gasteiger partial charge on any atom is 0.471 e. The summed E-state index contributed by atoms with van der Waals surface area (Å²) in [6.07, 6.45) is 3.49. The number of rotatable bonds is 5. The van der Waals surface area contributed by atoms with Gasteiger partial charge in [0, 0.05) is 18.3 Å². The van der Waals surface area contributed by atoms with Crippen LogP contribution < -0.4 is 16.4 Å². The Morgan fingerprint density at radius 3 is 2.53 bits per heavy atom. The Morgan fingerprint density at radius 2 is 1.95 bits per heavy atom. The molecule has 2 aromatic heterocycles. The van der Waals surface area contributed by atoms with Gasteiger partial charge in [-0.1, -0.05) is 19.8 Å². The van der Waals surface area contributed by atoms with Crippen molar-refractivity contribution in [1.29, 1.82) is 5.26 Å². The molecule has 2 aromatic rings. The predicted octanol–water partition coefficient (Wildman–Crippen LogP) is 1.12. The first-order valence-corrected chi connectivity index (χ1v) is 11.7. The van der Waals surface area contributed by atoms with Gasteiger partial charge >= 0.3 is 12.1 Å². The van der Waals surface area contributed by atoms with Crippen LogP contribution in [0.1, 0.15) is 37.9 Å². The van der Waals surface area contributed by atoms with Crippen LogP contribution in [-0.2, 0) is 14.4 Å². The minimum Gasteiger partial charge on any atom is -0.337 e. The van der Waals surface area contributed by atoms with E-state index in [1.807, 2.05) is 19.9 Å². The number of piperidine rings is 1. The third kappa shape index (κ3) is 4.89. The highest BCUT2D eigenvalue weighted by Crippen LogP contribution is 2.65. The quantitative estimate of drug-likeness (QED) is 0.493. The number of carbonyl (C=O) groups excluding carboxylic acids is 3. The van der Waals surface area contributed by atoms with E-state index in [1.165, 1.54) is 22.7 Å². The van der Waals surface area contributed by atoms with E-state index in [4.69, 9.17) is 6.42 Å². The SMILES string of the molecule is C#Cc1cccn2ncc(C(C#N)NC(=O)C3C4C(CN3C(=O)C(C)NC(=O)C(F)(F)F)C4(C)C)c12.CN. The Labute approximate surface area is 217 Å². The molecule has 202 valence electrons. The molecule has 1 saturated carbocycles. The van der Waals surface area contributed by atoms with E-state index in [9.17, 15) is 32.8 Å². The molecule has 10 nitrogen and oxygen atoms in total. The molecule has 1 aliphatic carbocycles. The average Bonchev–Trinajstić information content (AvgIpc) is 3.26. The van der Waals surface area contributed by atoms with Gasteiger partial charge < -0.3 is 21.3 Å². The standard InChI is InChI=1S/C24H23F3N6O3.CH5N/c1-5-13-7-6-8-33-18(13)14(10-29-33)16(9-28)31-20(34)19-17-15(23(17,3)4)11-32(19)21(35)12(2)30-22(36)24(25,26)27;1-2/h1,6-8,10,12,15-17,19H,11H2,2-4H3,(H,30,36)(H,31,34);2H2,1H3. The molecule has 13 heteroatoms. The molecule has 3 amide bonds. The Morgan fingerprint density at radius 1 is 1.29 bits per heavy atom. The number of terminal acetylenes is 1. The van der Waals surface area contributed by atoms with Crippen molar-refractivity contribution in [3.05, 3.63) is 35.7 Å². The summed E-state index contributed by atoms with van der Waals surface area (Å²) in [7, 11) is 1.50. The zero-order valence-corrected chi connectivity index (χ0v) is 21.2. The molecule has 5 unspecified atom stereocenters. The number of nitrogens with zero attached hydrogens (tertiary/aromatic N) is 4. The number of hydrogen-bond donors (Lipinski definition) is 3. The smallest absolute Gasteiger partial charge is 0.337 e. The minimum atomic E-state index is -5.15. The lowest BCUT2D eigenvalue weighted by atomic mass is 9.99. The van der Waals surface area contributed by atoms with Crippen LogP contribution in [0.25, 0.3) is 5.52 Å². The topological polar surface area (TPSA) is 146 Å². The number of aromatic nitrogens is 2. The molecular formula is C25H28F3N7O3. The maximum absolute atomic E-state index is 13.5. The highest BCUT2D eigenvalue weighted by molar-refractivity contribution is 5.94. The van der Waals surface area contributed by atoms with Crippen LogP contribution in [0, 0.1) is 40.9 Å². The Bertz CT molecular complexity index is 1340. The van der Waals surface area contributed by atoms with Crippen molar-refractivity contribution in [2.24, 2.45) is 23.0 Å². The van der Waals surface area contributed by atoms with E-state index in [0.29, 0.717) is 16.6 Å². The van der Waals surface area contributed by atoms with Crippen molar-refractivity contribution in [3.8, 4) is 18.4 Å². The molecule has 4 N–H and O–H groups in total. The van der Waals surface area contributed by atoms with E-state index in [-0.39, 0.29) is 23.8 Å². The number of pyridine rings is 1. The maximum atomic E-state index is 13.5. The lowest BCUT2D eigenvalue weighted by Crippen LogP contribution is -2.56. The van der Waals surface area contributed by atoms with Gasteiger partial charge in [-0.2, -0.15) is 23.5 Å². The number of likely N-dealkylation sites (tertiary alicyclic amines) is 1. The zero-order valence-electron chi connectivity index (χ0n) is 21.2. The lowest BCUT2D eigenvalue weighted by Gasteiger charge is -2.32. The van der Waals surface area contributed by atoms with Crippen LogP contribution in [0.15, 0.2) is 24.5 Å². The molecule has 0 radical (unpaired) electrons. The highest BCUT2D eigenvalue weighted by atomic mass is 19.4. The third-order valence-corrected chi connectivity index (χ3v) is 7.19. The first kappa shape index (κ1) is 28.5. The molecule has 4 rings (SSSR count). The number of nitriles is 1. The Balaban J connectivity index is 0.00000195. The van der Waals surface area contributed by atoms with E-state index in [1.54, 1.807) is 23.6 Å². The average molecular weight is 532 g/mol. The summed E-state index contributed by atoms with van der Waals surface area (Å²) in [4.78, 5) is 39.0. The monoisotopic (exact) mass is 531 g/mol. The summed E-state index contributed by atoms with van der Waals surface area (Å²) < 4.78 is 39.5. The van der Waals surface area contributed by atoms with E-state index >= 15 is 0 Å². The molecule has 2 aliphatic rings. The van der Waals surface area contributed by atoms with Crippen LogP contribution in [0.4, 0.5) is 13.2 Å². The van der Waals surface area contributed by atoms with E-state index in [0.717, 1.165) is 6.92 Å². The van der Waals surface area contributed by atoms with Gasteiger partial charge in [0.05, 0.1) is 23.3 Å². The molecular weight excluding hydrogens is 503 g/mol. The normalized spacial score (nSPS) is 22.6. The molecule has 0 spiro atoms. The van der Waals surface area contributed by atoms with Crippen LogP contribution in [0.5, 0.6) is 0 Å². The second-order valence-electron chi connectivity index (χ2n) is 9.61. The number of halogens is 3. The van der Waals surface area contributed by atoms with Gasteiger partial charge in [-0.05, 0) is 43.4 Å². The van der Waals surface area contributed by atoms with Gasteiger partial charge in [0.15, 0.2) is 0 Å². The molecule has 38 heavy (non-hydrogen) atoms. The molecule has 1 saturated heterocycles. The summed E-state index contributed by atoms with van der Waals surface area (Å²) in [5, 5.41) is 18.3. The minimum absolute atomic E-state index is 0.0479. The van der Waals surface area contributed by atoms with E-state index < -0.39 is 42.0 Å². The summed E-state index contributed by atoms with van der Waals surface area (Å²) >= 11 is 0. The third-order valence-electron chi connectivity index (χ3n) is 7.19. The zero-order chi connectivity index (χ0) is 28.6. The van der Waals surface area contributed by atoms with Crippen molar-refractivity contribution in [2.75, 3.05) is 13.6 Å². The lowest BCUT2D eigenvalue weighted by molar-refractivity contribution is -0.175. The van der Waals surface area contributed by atoms with Crippen molar-refractivity contribution in [3.63, 3.8) is 0 Å². The van der Waals surface area contributed by atoms with Crippen molar-refractivity contribution < 1.29 is 27.6 Å². The first-order chi connectivity index (χ1) is 17.8. The van der Waals surface area contributed by atoms with Gasteiger partial charge in [-0.3, -0.25) is 14.4 Å². The largest absolute Gasteiger partial charge is 0.471 e. The summed E-state index contributed by atoms with van der Waals surface area (Å²) in [5.41, 5.74) is 5.53. The summed E-state index contributed by atoms with van der Waals surface area (Å²) in [6, 6.07) is 1.71. The fourth-order valence-electron chi connectivity index (χ4n) is 5.20. The van der Waals surface area contributed by atoms with Gasteiger partial charge in [0.25, 0.3) is 0 Å². The van der Waals surface area contributed by atoms with Gasteiger partial charge in [-0.25, -0.2) is 4.52 Å². The Kier molecular flexibility index (Phi) is 7.75. The molecule has 3 heterocycles. The van der Waals surface area contributed by atoms with Crippen molar-refractivity contribution in [1.82, 2.24) is 25.1 Å². The number of fused-ring (bicyclic) bond motifs is 2. The van der Waals surface area contributed by atoms with Gasteiger partial charge in [-0.15, -0.1) is 6.42 Å². The van der Waals surface area contributed by atoms with Crippen molar-refractivity contribution in [2.45, 2.75) is 45.1 Å². The molecule has 5 atom stereocenters. The number of carbonyl (C=O) groups is 3. The van der Waals surface area contributed by atoms with Gasteiger partial charge in [0.1, 0.15) is 18.1 Å². The molecule has 0 aromatic carbocycles. The Hall–Kier alpha value is -4.10.